The number of hydrogen-bond acceptors (Lipinski definition) is 3. The van der Waals surface area contributed by atoms with Gasteiger partial charge in [0.1, 0.15) is 0 Å². The average molecular weight is 209 g/mol. The van der Waals surface area contributed by atoms with Crippen LogP contribution in [0.5, 0.6) is 0 Å². The molecule has 0 aromatic carbocycles. The van der Waals surface area contributed by atoms with Crippen LogP contribution in [-0.2, 0) is 11.2 Å². The van der Waals surface area contributed by atoms with Gasteiger partial charge < -0.3 is 10.3 Å². The fourth-order valence-corrected chi connectivity index (χ4v) is 1.04. The molecule has 1 heterocycles. The Balaban J connectivity index is 2.72. The van der Waals surface area contributed by atoms with Crippen LogP contribution in [0.25, 0.3) is 0 Å². The van der Waals surface area contributed by atoms with Crippen molar-refractivity contribution in [1.29, 1.82) is 0 Å². The van der Waals surface area contributed by atoms with Crippen molar-refractivity contribution in [3.63, 3.8) is 0 Å². The quantitative estimate of drug-likeness (QED) is 0.550. The van der Waals surface area contributed by atoms with Gasteiger partial charge in [-0.2, -0.15) is 0 Å². The molecule has 0 unspecified atom stereocenters. The second-order valence-electron chi connectivity index (χ2n) is 2.88. The molecule has 0 spiro atoms. The van der Waals surface area contributed by atoms with E-state index in [2.05, 4.69) is 16.9 Å². The monoisotopic (exact) mass is 209 g/mol. The lowest BCUT2D eigenvalue weighted by atomic mass is 10.3. The van der Waals surface area contributed by atoms with Gasteiger partial charge in [0.25, 0.3) is 5.56 Å². The molecular formula is C9H11N3O3. The van der Waals surface area contributed by atoms with Crippen LogP contribution in [-0.4, -0.2) is 22.4 Å². The molecule has 0 atom stereocenters. The molecule has 1 amide bonds. The van der Waals surface area contributed by atoms with Gasteiger partial charge in [0.2, 0.25) is 5.91 Å². The minimum absolute atomic E-state index is 0.0347. The summed E-state index contributed by atoms with van der Waals surface area (Å²) >= 11 is 0. The summed E-state index contributed by atoms with van der Waals surface area (Å²) in [6.45, 7) is 3.79. The van der Waals surface area contributed by atoms with E-state index in [-0.39, 0.29) is 18.0 Å². The molecule has 80 valence electrons. The largest absolute Gasteiger partial charge is 0.352 e. The number of carbonyl (C=O) groups is 1. The first-order chi connectivity index (χ1) is 7.11. The summed E-state index contributed by atoms with van der Waals surface area (Å²) in [6, 6.07) is 1.18. The fourth-order valence-electron chi connectivity index (χ4n) is 1.04. The lowest BCUT2D eigenvalue weighted by Crippen LogP contribution is -2.29. The van der Waals surface area contributed by atoms with Crippen LogP contribution < -0.4 is 16.6 Å². The Kier molecular flexibility index (Phi) is 3.61. The van der Waals surface area contributed by atoms with Crippen LogP contribution in [0.1, 0.15) is 5.69 Å². The highest BCUT2D eigenvalue weighted by molar-refractivity contribution is 5.78. The molecule has 6 heteroatoms. The highest BCUT2D eigenvalue weighted by atomic mass is 16.2. The van der Waals surface area contributed by atoms with E-state index in [1.807, 2.05) is 4.98 Å². The number of amides is 1. The highest BCUT2D eigenvalue weighted by Gasteiger charge is 2.03. The summed E-state index contributed by atoms with van der Waals surface area (Å²) in [5.74, 6) is -0.281. The normalized spacial score (nSPS) is 9.60. The van der Waals surface area contributed by atoms with Crippen molar-refractivity contribution >= 4 is 5.91 Å². The first-order valence-electron chi connectivity index (χ1n) is 4.32. The smallest absolute Gasteiger partial charge is 0.325 e. The molecule has 6 nitrogen and oxygen atoms in total. The van der Waals surface area contributed by atoms with Gasteiger partial charge in [-0.15, -0.1) is 6.58 Å². The molecule has 0 aliphatic carbocycles. The minimum Gasteiger partial charge on any atom is -0.352 e. The SMILES string of the molecule is C=CCNC(=O)Cc1cc(=O)[nH]c(=O)[nH]1. The topological polar surface area (TPSA) is 94.8 Å². The number of carbonyl (C=O) groups excluding carboxylic acids is 1. The number of aromatic nitrogens is 2. The van der Waals surface area contributed by atoms with Crippen LogP contribution in [0.2, 0.25) is 0 Å². The summed E-state index contributed by atoms with van der Waals surface area (Å²) in [6.07, 6.45) is 1.51. The average Bonchev–Trinajstić information content (AvgIpc) is 2.13. The van der Waals surface area contributed by atoms with Crippen LogP contribution in [0.4, 0.5) is 0 Å². The molecule has 0 bridgehead atoms. The first kappa shape index (κ1) is 11.0. The maximum absolute atomic E-state index is 11.2. The van der Waals surface area contributed by atoms with Crippen molar-refractivity contribution in [2.75, 3.05) is 6.54 Å². The summed E-state index contributed by atoms with van der Waals surface area (Å²) in [7, 11) is 0. The molecule has 0 radical (unpaired) electrons. The van der Waals surface area contributed by atoms with Crippen LogP contribution >= 0.6 is 0 Å². The first-order valence-corrected chi connectivity index (χ1v) is 4.32. The van der Waals surface area contributed by atoms with Gasteiger partial charge in [0.15, 0.2) is 0 Å². The van der Waals surface area contributed by atoms with E-state index in [4.69, 9.17) is 0 Å². The molecule has 1 aromatic heterocycles. The van der Waals surface area contributed by atoms with Crippen LogP contribution in [0.3, 0.4) is 0 Å². The summed E-state index contributed by atoms with van der Waals surface area (Å²) < 4.78 is 0. The fraction of sp³-hybridized carbons (Fsp3) is 0.222. The molecule has 0 aliphatic heterocycles. The molecule has 3 N–H and O–H groups in total. The second-order valence-corrected chi connectivity index (χ2v) is 2.88. The zero-order chi connectivity index (χ0) is 11.3. The summed E-state index contributed by atoms with van der Waals surface area (Å²) in [5, 5.41) is 2.53. The van der Waals surface area contributed by atoms with Gasteiger partial charge in [-0.25, -0.2) is 4.79 Å². The predicted octanol–water partition coefficient (Wildman–Crippen LogP) is -1.09. The maximum Gasteiger partial charge on any atom is 0.325 e. The summed E-state index contributed by atoms with van der Waals surface area (Å²) in [5.41, 5.74) is -0.857. The van der Waals surface area contributed by atoms with Gasteiger partial charge in [-0.1, -0.05) is 6.08 Å². The van der Waals surface area contributed by atoms with E-state index in [0.29, 0.717) is 6.54 Å². The summed E-state index contributed by atoms with van der Waals surface area (Å²) in [4.78, 5) is 37.3. The standard InChI is InChI=1S/C9H11N3O3/c1-2-3-10-7(13)4-6-5-8(14)12-9(15)11-6/h2,5H,1,3-4H2,(H,10,13)(H2,11,12,14,15). The Bertz CT molecular complexity index is 444. The van der Waals surface area contributed by atoms with E-state index in [1.54, 1.807) is 6.08 Å². The molecule has 1 rings (SSSR count). The lowest BCUT2D eigenvalue weighted by molar-refractivity contribution is -0.120. The second kappa shape index (κ2) is 4.94. The third-order valence-corrected chi connectivity index (χ3v) is 1.61. The van der Waals surface area contributed by atoms with Gasteiger partial charge in [-0.05, 0) is 0 Å². The minimum atomic E-state index is -0.617. The van der Waals surface area contributed by atoms with Crippen molar-refractivity contribution in [1.82, 2.24) is 15.3 Å². The van der Waals surface area contributed by atoms with Crippen LogP contribution in [0.15, 0.2) is 28.3 Å². The number of aromatic amines is 2. The third kappa shape index (κ3) is 3.63. The number of rotatable bonds is 4. The molecule has 0 saturated heterocycles. The van der Waals surface area contributed by atoms with Gasteiger partial charge in [-0.3, -0.25) is 14.6 Å². The molecule has 0 fully saturated rings. The number of nitrogens with one attached hydrogen (secondary N) is 3. The van der Waals surface area contributed by atoms with E-state index >= 15 is 0 Å². The van der Waals surface area contributed by atoms with E-state index in [1.165, 1.54) is 6.07 Å². The van der Waals surface area contributed by atoms with Gasteiger partial charge in [0.05, 0.1) is 6.42 Å². The van der Waals surface area contributed by atoms with Crippen molar-refractivity contribution in [3.05, 3.63) is 45.3 Å². The van der Waals surface area contributed by atoms with Crippen molar-refractivity contribution < 1.29 is 4.79 Å². The Labute approximate surface area is 85.0 Å². The lowest BCUT2D eigenvalue weighted by Gasteiger charge is -2.01. The third-order valence-electron chi connectivity index (χ3n) is 1.61. The molecular weight excluding hydrogens is 198 g/mol. The maximum atomic E-state index is 11.2. The Morgan fingerprint density at radius 1 is 1.47 bits per heavy atom. The van der Waals surface area contributed by atoms with Crippen molar-refractivity contribution in [2.24, 2.45) is 0 Å². The molecule has 1 aromatic rings. The number of hydrogen-bond donors (Lipinski definition) is 3. The zero-order valence-electron chi connectivity index (χ0n) is 8.00. The molecule has 15 heavy (non-hydrogen) atoms. The van der Waals surface area contributed by atoms with Gasteiger partial charge in [0, 0.05) is 18.3 Å². The Hall–Kier alpha value is -2.11. The van der Waals surface area contributed by atoms with Crippen LogP contribution in [0, 0.1) is 0 Å². The van der Waals surface area contributed by atoms with E-state index in [0.717, 1.165) is 0 Å². The molecule has 0 aliphatic rings. The van der Waals surface area contributed by atoms with Gasteiger partial charge >= 0.3 is 5.69 Å². The number of H-pyrrole nitrogens is 2. The van der Waals surface area contributed by atoms with Crippen molar-refractivity contribution in [2.45, 2.75) is 6.42 Å². The predicted molar refractivity (Wildman–Crippen MR) is 54.6 cm³/mol. The van der Waals surface area contributed by atoms with E-state index < -0.39 is 11.2 Å². The Morgan fingerprint density at radius 3 is 2.80 bits per heavy atom. The van der Waals surface area contributed by atoms with E-state index in [9.17, 15) is 14.4 Å². The molecule has 0 saturated carbocycles. The Morgan fingerprint density at radius 2 is 2.20 bits per heavy atom. The highest BCUT2D eigenvalue weighted by Crippen LogP contribution is 1.87. The van der Waals surface area contributed by atoms with Crippen molar-refractivity contribution in [3.8, 4) is 0 Å². The zero-order valence-corrected chi connectivity index (χ0v) is 8.00.